The van der Waals surface area contributed by atoms with E-state index >= 15 is 0 Å². The third-order valence-corrected chi connectivity index (χ3v) is 3.51. The summed E-state index contributed by atoms with van der Waals surface area (Å²) in [4.78, 5) is 14.2. The molecule has 2 aliphatic rings. The lowest BCUT2D eigenvalue weighted by Gasteiger charge is -2.21. The van der Waals surface area contributed by atoms with Crippen LogP contribution in [0, 0.1) is 0 Å². The van der Waals surface area contributed by atoms with Crippen molar-refractivity contribution in [3.8, 4) is 0 Å². The topological polar surface area (TPSA) is 32.3 Å². The number of rotatable bonds is 1. The van der Waals surface area contributed by atoms with Crippen LogP contribution < -0.4 is 10.2 Å². The van der Waals surface area contributed by atoms with Gasteiger partial charge in [-0.2, -0.15) is 0 Å². The molecule has 1 atom stereocenters. The van der Waals surface area contributed by atoms with Gasteiger partial charge in [-0.25, -0.2) is 0 Å². The highest BCUT2D eigenvalue weighted by Crippen LogP contribution is 2.28. The predicted molar refractivity (Wildman–Crippen MR) is 70.8 cm³/mol. The third kappa shape index (κ3) is 2.17. The number of anilines is 1. The number of amides is 1. The maximum atomic E-state index is 12.3. The largest absolute Gasteiger partial charge is 0.310 e. The van der Waals surface area contributed by atoms with E-state index in [1.54, 1.807) is 0 Å². The summed E-state index contributed by atoms with van der Waals surface area (Å²) in [7, 11) is 0. The SMILES string of the molecule is Cl.O=C(C1CCCN1)N1CCc2ccccc21. The van der Waals surface area contributed by atoms with Gasteiger partial charge in [0.2, 0.25) is 5.91 Å². The lowest BCUT2D eigenvalue weighted by Crippen LogP contribution is -2.42. The summed E-state index contributed by atoms with van der Waals surface area (Å²) in [6.45, 7) is 1.82. The second-order valence-electron chi connectivity index (χ2n) is 4.52. The summed E-state index contributed by atoms with van der Waals surface area (Å²) in [5, 5.41) is 3.27. The van der Waals surface area contributed by atoms with Gasteiger partial charge >= 0.3 is 0 Å². The number of halogens is 1. The van der Waals surface area contributed by atoms with Gasteiger partial charge in [-0.15, -0.1) is 12.4 Å². The molecule has 3 rings (SSSR count). The lowest BCUT2D eigenvalue weighted by molar-refractivity contribution is -0.120. The zero-order valence-electron chi connectivity index (χ0n) is 9.69. The van der Waals surface area contributed by atoms with Crippen LogP contribution in [0.3, 0.4) is 0 Å². The van der Waals surface area contributed by atoms with Crippen LogP contribution in [0.1, 0.15) is 18.4 Å². The number of hydrogen-bond acceptors (Lipinski definition) is 2. The minimum Gasteiger partial charge on any atom is -0.310 e. The first kappa shape index (κ1) is 12.4. The molecule has 0 spiro atoms. The number of para-hydroxylation sites is 1. The summed E-state index contributed by atoms with van der Waals surface area (Å²) in [6, 6.07) is 8.26. The zero-order valence-corrected chi connectivity index (χ0v) is 10.5. The van der Waals surface area contributed by atoms with E-state index in [9.17, 15) is 4.79 Å². The maximum absolute atomic E-state index is 12.3. The highest BCUT2D eigenvalue weighted by Gasteiger charge is 2.31. The Hall–Kier alpha value is -1.06. The van der Waals surface area contributed by atoms with Crippen molar-refractivity contribution >= 4 is 24.0 Å². The van der Waals surface area contributed by atoms with E-state index in [1.807, 2.05) is 17.0 Å². The van der Waals surface area contributed by atoms with Crippen LogP contribution in [-0.2, 0) is 11.2 Å². The van der Waals surface area contributed by atoms with Crippen molar-refractivity contribution in [1.29, 1.82) is 0 Å². The Labute approximate surface area is 108 Å². The van der Waals surface area contributed by atoms with Crippen molar-refractivity contribution in [2.24, 2.45) is 0 Å². The molecule has 0 saturated carbocycles. The van der Waals surface area contributed by atoms with E-state index in [2.05, 4.69) is 17.4 Å². The molecule has 1 N–H and O–H groups in total. The Morgan fingerprint density at radius 3 is 2.94 bits per heavy atom. The van der Waals surface area contributed by atoms with E-state index in [4.69, 9.17) is 0 Å². The molecule has 0 aliphatic carbocycles. The maximum Gasteiger partial charge on any atom is 0.244 e. The molecule has 0 radical (unpaired) electrons. The molecule has 2 aliphatic heterocycles. The van der Waals surface area contributed by atoms with Crippen LogP contribution in [0.5, 0.6) is 0 Å². The fraction of sp³-hybridized carbons (Fsp3) is 0.462. The predicted octanol–water partition coefficient (Wildman–Crippen LogP) is 1.75. The number of fused-ring (bicyclic) bond motifs is 1. The van der Waals surface area contributed by atoms with Crippen LogP contribution in [0.2, 0.25) is 0 Å². The minimum atomic E-state index is 0. The Morgan fingerprint density at radius 1 is 1.35 bits per heavy atom. The molecular formula is C13H17ClN2O. The zero-order chi connectivity index (χ0) is 11.0. The van der Waals surface area contributed by atoms with Gasteiger partial charge in [0.05, 0.1) is 6.04 Å². The van der Waals surface area contributed by atoms with E-state index in [1.165, 1.54) is 5.56 Å². The first-order valence-corrected chi connectivity index (χ1v) is 5.99. The van der Waals surface area contributed by atoms with Gasteiger partial charge in [0.1, 0.15) is 0 Å². The molecular weight excluding hydrogens is 236 g/mol. The van der Waals surface area contributed by atoms with Crippen LogP contribution in [-0.4, -0.2) is 25.0 Å². The van der Waals surface area contributed by atoms with Gasteiger partial charge in [-0.3, -0.25) is 4.79 Å². The average molecular weight is 253 g/mol. The Morgan fingerprint density at radius 2 is 2.18 bits per heavy atom. The van der Waals surface area contributed by atoms with Gasteiger partial charge in [0.15, 0.2) is 0 Å². The summed E-state index contributed by atoms with van der Waals surface area (Å²) < 4.78 is 0. The molecule has 1 fully saturated rings. The number of nitrogens with zero attached hydrogens (tertiary/aromatic N) is 1. The summed E-state index contributed by atoms with van der Waals surface area (Å²) in [5.41, 5.74) is 2.41. The Balaban J connectivity index is 0.00000108. The van der Waals surface area contributed by atoms with Gasteiger partial charge in [0, 0.05) is 12.2 Å². The highest BCUT2D eigenvalue weighted by atomic mass is 35.5. The minimum absolute atomic E-state index is 0. The molecule has 1 unspecified atom stereocenters. The molecule has 92 valence electrons. The molecule has 1 amide bonds. The number of carbonyl (C=O) groups excluding carboxylic acids is 1. The van der Waals surface area contributed by atoms with E-state index in [0.717, 1.165) is 38.0 Å². The smallest absolute Gasteiger partial charge is 0.244 e. The molecule has 1 aromatic carbocycles. The second-order valence-corrected chi connectivity index (χ2v) is 4.52. The van der Waals surface area contributed by atoms with Crippen molar-refractivity contribution in [3.05, 3.63) is 29.8 Å². The molecule has 1 aromatic rings. The highest BCUT2D eigenvalue weighted by molar-refractivity contribution is 5.99. The van der Waals surface area contributed by atoms with Gasteiger partial charge in [-0.1, -0.05) is 18.2 Å². The number of benzene rings is 1. The van der Waals surface area contributed by atoms with Gasteiger partial charge in [-0.05, 0) is 37.4 Å². The van der Waals surface area contributed by atoms with E-state index < -0.39 is 0 Å². The second kappa shape index (κ2) is 5.07. The molecule has 2 heterocycles. The van der Waals surface area contributed by atoms with Crippen molar-refractivity contribution in [2.75, 3.05) is 18.0 Å². The standard InChI is InChI=1S/C13H16N2O.ClH/c16-13(11-5-3-8-14-11)15-9-7-10-4-1-2-6-12(10)15;/h1-2,4,6,11,14H,3,5,7-9H2;1H. The number of hydrogen-bond donors (Lipinski definition) is 1. The monoisotopic (exact) mass is 252 g/mol. The third-order valence-electron chi connectivity index (χ3n) is 3.51. The molecule has 17 heavy (non-hydrogen) atoms. The first-order chi connectivity index (χ1) is 7.86. The first-order valence-electron chi connectivity index (χ1n) is 5.99. The van der Waals surface area contributed by atoms with E-state index in [-0.39, 0.29) is 24.4 Å². The van der Waals surface area contributed by atoms with Crippen molar-refractivity contribution in [1.82, 2.24) is 5.32 Å². The Bertz CT molecular complexity index is 416. The summed E-state index contributed by atoms with van der Waals surface area (Å²) in [5.74, 6) is 0.252. The van der Waals surface area contributed by atoms with Crippen LogP contribution in [0.15, 0.2) is 24.3 Å². The number of carbonyl (C=O) groups is 1. The fourth-order valence-electron chi connectivity index (χ4n) is 2.65. The van der Waals surface area contributed by atoms with Crippen molar-refractivity contribution < 1.29 is 4.79 Å². The van der Waals surface area contributed by atoms with Gasteiger partial charge < -0.3 is 10.2 Å². The molecule has 0 aromatic heterocycles. The lowest BCUT2D eigenvalue weighted by atomic mass is 10.1. The Kier molecular flexibility index (Phi) is 3.69. The van der Waals surface area contributed by atoms with Crippen molar-refractivity contribution in [3.63, 3.8) is 0 Å². The molecule has 4 heteroatoms. The van der Waals surface area contributed by atoms with Crippen LogP contribution in [0.4, 0.5) is 5.69 Å². The van der Waals surface area contributed by atoms with E-state index in [0.29, 0.717) is 0 Å². The average Bonchev–Trinajstić information content (AvgIpc) is 2.98. The van der Waals surface area contributed by atoms with Crippen LogP contribution in [0.25, 0.3) is 0 Å². The fourth-order valence-corrected chi connectivity index (χ4v) is 2.65. The number of nitrogens with one attached hydrogen (secondary N) is 1. The van der Waals surface area contributed by atoms with Crippen molar-refractivity contribution in [2.45, 2.75) is 25.3 Å². The summed E-state index contributed by atoms with van der Waals surface area (Å²) >= 11 is 0. The van der Waals surface area contributed by atoms with Crippen LogP contribution >= 0.6 is 12.4 Å². The normalized spacial score (nSPS) is 22.1. The quantitative estimate of drug-likeness (QED) is 0.826. The molecule has 0 bridgehead atoms. The molecule has 1 saturated heterocycles. The van der Waals surface area contributed by atoms with Gasteiger partial charge in [0.25, 0.3) is 0 Å². The molecule has 3 nitrogen and oxygen atoms in total. The summed E-state index contributed by atoms with van der Waals surface area (Å²) in [6.07, 6.45) is 3.10.